The maximum Gasteiger partial charge on any atom is 0.222 e. The molecule has 104 valence electrons. The minimum Gasteiger partial charge on any atom is -0.376 e. The van der Waals surface area contributed by atoms with Gasteiger partial charge in [0.25, 0.3) is 0 Å². The van der Waals surface area contributed by atoms with E-state index in [2.05, 4.69) is 0 Å². The Morgan fingerprint density at radius 2 is 2.06 bits per heavy atom. The van der Waals surface area contributed by atoms with Gasteiger partial charge < -0.3 is 15.4 Å². The number of hydrogen-bond donors (Lipinski definition) is 1. The first kappa shape index (κ1) is 13.8. The molecule has 2 rings (SSSR count). The third kappa shape index (κ3) is 3.69. The summed E-state index contributed by atoms with van der Waals surface area (Å²) < 4.78 is 5.57. The molecule has 2 N–H and O–H groups in total. The molecular weight excluding hydrogens is 228 g/mol. The molecule has 2 fully saturated rings. The predicted molar refractivity (Wildman–Crippen MR) is 71.2 cm³/mol. The second kappa shape index (κ2) is 6.53. The third-order valence-electron chi connectivity index (χ3n) is 4.33. The van der Waals surface area contributed by atoms with Crippen LogP contribution in [0.5, 0.6) is 0 Å². The van der Waals surface area contributed by atoms with Crippen LogP contribution in [0.2, 0.25) is 0 Å². The highest BCUT2D eigenvalue weighted by Crippen LogP contribution is 2.26. The molecule has 0 bridgehead atoms. The minimum absolute atomic E-state index is 0.221. The zero-order chi connectivity index (χ0) is 13.0. The maximum absolute atomic E-state index is 12.2. The van der Waals surface area contributed by atoms with Crippen LogP contribution in [0.1, 0.15) is 44.9 Å². The first-order valence-electron chi connectivity index (χ1n) is 7.28. The van der Waals surface area contributed by atoms with Crippen LogP contribution in [0.15, 0.2) is 0 Å². The van der Waals surface area contributed by atoms with Gasteiger partial charge in [0.15, 0.2) is 0 Å². The monoisotopic (exact) mass is 254 g/mol. The lowest BCUT2D eigenvalue weighted by atomic mass is 9.83. The van der Waals surface area contributed by atoms with Gasteiger partial charge in [-0.1, -0.05) is 12.8 Å². The molecule has 1 heterocycles. The molecule has 4 nitrogen and oxygen atoms in total. The van der Waals surface area contributed by atoms with Crippen LogP contribution < -0.4 is 5.73 Å². The fourth-order valence-electron chi connectivity index (χ4n) is 3.07. The van der Waals surface area contributed by atoms with E-state index in [1.165, 1.54) is 12.8 Å². The first-order valence-corrected chi connectivity index (χ1v) is 7.28. The van der Waals surface area contributed by atoms with Gasteiger partial charge in [0.1, 0.15) is 0 Å². The highest BCUT2D eigenvalue weighted by Gasteiger charge is 2.26. The van der Waals surface area contributed by atoms with E-state index in [-0.39, 0.29) is 18.1 Å². The number of rotatable bonds is 4. The Bertz CT molecular complexity index is 277. The van der Waals surface area contributed by atoms with Crippen LogP contribution in [0, 0.1) is 5.92 Å². The summed E-state index contributed by atoms with van der Waals surface area (Å²) in [6.45, 7) is 1.58. The van der Waals surface area contributed by atoms with Crippen molar-refractivity contribution in [3.8, 4) is 0 Å². The molecule has 18 heavy (non-hydrogen) atoms. The van der Waals surface area contributed by atoms with Gasteiger partial charge in [-0.15, -0.1) is 0 Å². The molecule has 0 aromatic carbocycles. The van der Waals surface area contributed by atoms with Crippen molar-refractivity contribution in [3.63, 3.8) is 0 Å². The number of ether oxygens (including phenoxy) is 1. The summed E-state index contributed by atoms with van der Waals surface area (Å²) in [5.74, 6) is 0.617. The van der Waals surface area contributed by atoms with E-state index in [0.29, 0.717) is 12.3 Å². The highest BCUT2D eigenvalue weighted by atomic mass is 16.5. The lowest BCUT2D eigenvalue weighted by Gasteiger charge is -2.30. The molecule has 1 aliphatic carbocycles. The number of hydrogen-bond acceptors (Lipinski definition) is 3. The molecular formula is C14H26N2O2. The van der Waals surface area contributed by atoms with Crippen LogP contribution in [0.25, 0.3) is 0 Å². The topological polar surface area (TPSA) is 55.6 Å². The summed E-state index contributed by atoms with van der Waals surface area (Å²) in [5.41, 5.74) is 6.10. The molecule has 0 spiro atoms. The lowest BCUT2D eigenvalue weighted by molar-refractivity contribution is -0.132. The van der Waals surface area contributed by atoms with Crippen LogP contribution in [-0.4, -0.2) is 43.2 Å². The average molecular weight is 254 g/mol. The van der Waals surface area contributed by atoms with Crippen molar-refractivity contribution < 1.29 is 9.53 Å². The summed E-state index contributed by atoms with van der Waals surface area (Å²) in [7, 11) is 1.89. The molecule has 3 unspecified atom stereocenters. The van der Waals surface area contributed by atoms with Crippen LogP contribution >= 0.6 is 0 Å². The SMILES string of the molecule is CN(CC1CCCO1)C(=O)CC1CCCCC1N. The fraction of sp³-hybridized carbons (Fsp3) is 0.929. The molecule has 0 aromatic heterocycles. The van der Waals surface area contributed by atoms with Gasteiger partial charge in [-0.05, 0) is 31.6 Å². The largest absolute Gasteiger partial charge is 0.376 e. The Hall–Kier alpha value is -0.610. The predicted octanol–water partition coefficient (Wildman–Crippen LogP) is 1.53. The van der Waals surface area contributed by atoms with E-state index in [0.717, 1.165) is 38.8 Å². The smallest absolute Gasteiger partial charge is 0.222 e. The van der Waals surface area contributed by atoms with Gasteiger partial charge in [-0.3, -0.25) is 4.79 Å². The Balaban J connectivity index is 1.75. The van der Waals surface area contributed by atoms with Crippen molar-refractivity contribution in [2.45, 2.75) is 57.1 Å². The fourth-order valence-corrected chi connectivity index (χ4v) is 3.07. The molecule has 1 saturated carbocycles. The van der Waals surface area contributed by atoms with Crippen molar-refractivity contribution in [2.75, 3.05) is 20.2 Å². The molecule has 0 radical (unpaired) electrons. The zero-order valence-corrected chi connectivity index (χ0v) is 11.4. The number of carbonyl (C=O) groups excluding carboxylic acids is 1. The van der Waals surface area contributed by atoms with Crippen molar-refractivity contribution in [1.29, 1.82) is 0 Å². The second-order valence-corrected chi connectivity index (χ2v) is 5.82. The van der Waals surface area contributed by atoms with Crippen LogP contribution in [0.4, 0.5) is 0 Å². The van der Waals surface area contributed by atoms with Gasteiger partial charge in [0, 0.05) is 32.7 Å². The number of nitrogens with zero attached hydrogens (tertiary/aromatic N) is 1. The Morgan fingerprint density at radius 3 is 2.72 bits per heavy atom. The van der Waals surface area contributed by atoms with E-state index in [4.69, 9.17) is 10.5 Å². The van der Waals surface area contributed by atoms with E-state index in [1.54, 1.807) is 0 Å². The highest BCUT2D eigenvalue weighted by molar-refractivity contribution is 5.76. The Morgan fingerprint density at radius 1 is 1.28 bits per heavy atom. The van der Waals surface area contributed by atoms with E-state index in [1.807, 2.05) is 11.9 Å². The molecule has 1 saturated heterocycles. The number of carbonyl (C=O) groups is 1. The lowest BCUT2D eigenvalue weighted by Crippen LogP contribution is -2.39. The first-order chi connectivity index (χ1) is 8.66. The molecule has 1 amide bonds. The summed E-state index contributed by atoms with van der Waals surface area (Å²) >= 11 is 0. The van der Waals surface area contributed by atoms with E-state index < -0.39 is 0 Å². The maximum atomic E-state index is 12.2. The van der Waals surface area contributed by atoms with Crippen molar-refractivity contribution in [2.24, 2.45) is 11.7 Å². The minimum atomic E-state index is 0.221. The third-order valence-corrected chi connectivity index (χ3v) is 4.33. The van der Waals surface area contributed by atoms with Crippen molar-refractivity contribution in [3.05, 3.63) is 0 Å². The number of amides is 1. The van der Waals surface area contributed by atoms with Gasteiger partial charge in [-0.2, -0.15) is 0 Å². The van der Waals surface area contributed by atoms with Crippen LogP contribution in [0.3, 0.4) is 0 Å². The average Bonchev–Trinajstić information content (AvgIpc) is 2.84. The summed E-state index contributed by atoms with van der Waals surface area (Å²) in [4.78, 5) is 14.0. The van der Waals surface area contributed by atoms with Crippen LogP contribution in [-0.2, 0) is 9.53 Å². The Labute approximate surface area is 110 Å². The van der Waals surface area contributed by atoms with Gasteiger partial charge >= 0.3 is 0 Å². The van der Waals surface area contributed by atoms with Crippen molar-refractivity contribution in [1.82, 2.24) is 4.90 Å². The zero-order valence-electron chi connectivity index (χ0n) is 11.4. The second-order valence-electron chi connectivity index (χ2n) is 5.82. The summed E-state index contributed by atoms with van der Waals surface area (Å²) in [6, 6.07) is 0.221. The quantitative estimate of drug-likeness (QED) is 0.828. The number of likely N-dealkylation sites (N-methyl/N-ethyl adjacent to an activating group) is 1. The summed E-state index contributed by atoms with van der Waals surface area (Å²) in [6.07, 6.45) is 7.71. The molecule has 2 aliphatic rings. The number of nitrogens with two attached hydrogens (primary N) is 1. The molecule has 0 aromatic rings. The summed E-state index contributed by atoms with van der Waals surface area (Å²) in [5, 5.41) is 0. The molecule has 1 aliphatic heterocycles. The molecule has 4 heteroatoms. The van der Waals surface area contributed by atoms with Gasteiger partial charge in [0.05, 0.1) is 6.10 Å². The van der Waals surface area contributed by atoms with E-state index in [9.17, 15) is 4.79 Å². The Kier molecular flexibility index (Phi) is 5.01. The standard InChI is InChI=1S/C14H26N2O2/c1-16(10-12-6-4-8-18-12)14(17)9-11-5-2-3-7-13(11)15/h11-13H,2-10,15H2,1H3. The van der Waals surface area contributed by atoms with Crippen molar-refractivity contribution >= 4 is 5.91 Å². The normalized spacial score (nSPS) is 32.4. The van der Waals surface area contributed by atoms with Gasteiger partial charge in [0.2, 0.25) is 5.91 Å². The van der Waals surface area contributed by atoms with E-state index >= 15 is 0 Å². The van der Waals surface area contributed by atoms with Gasteiger partial charge in [-0.25, -0.2) is 0 Å². The molecule has 3 atom stereocenters.